The minimum absolute atomic E-state index is 0.159. The van der Waals surface area contributed by atoms with Gasteiger partial charge in [0.15, 0.2) is 5.76 Å². The van der Waals surface area contributed by atoms with Gasteiger partial charge in [0.1, 0.15) is 18.1 Å². The number of rotatable bonds is 6. The molecule has 0 atom stereocenters. The largest absolute Gasteiger partial charge is 0.497 e. The molecule has 0 radical (unpaired) electrons. The minimum atomic E-state index is -0.159. The highest BCUT2D eigenvalue weighted by molar-refractivity contribution is 5.91. The van der Waals surface area contributed by atoms with Crippen molar-refractivity contribution in [2.75, 3.05) is 27.3 Å². The van der Waals surface area contributed by atoms with Crippen LogP contribution in [0.1, 0.15) is 10.6 Å². The van der Waals surface area contributed by atoms with Crippen molar-refractivity contribution in [2.24, 2.45) is 0 Å². The highest BCUT2D eigenvalue weighted by Gasteiger charge is 2.13. The van der Waals surface area contributed by atoms with Gasteiger partial charge in [-0.25, -0.2) is 0 Å². The van der Waals surface area contributed by atoms with Crippen molar-refractivity contribution < 1.29 is 18.7 Å². The number of carbonyl (C=O) groups is 1. The summed E-state index contributed by atoms with van der Waals surface area (Å²) in [5.74, 6) is 1.69. The Labute approximate surface area is 117 Å². The Kier molecular flexibility index (Phi) is 4.65. The van der Waals surface area contributed by atoms with E-state index in [-0.39, 0.29) is 5.91 Å². The summed E-state index contributed by atoms with van der Waals surface area (Å²) in [5, 5.41) is 0. The molecule has 0 N–H and O–H groups in total. The van der Waals surface area contributed by atoms with E-state index in [1.54, 1.807) is 31.2 Å². The van der Waals surface area contributed by atoms with Gasteiger partial charge in [0.25, 0.3) is 5.91 Å². The van der Waals surface area contributed by atoms with E-state index in [4.69, 9.17) is 13.9 Å². The molecule has 1 amide bonds. The number of benzene rings is 1. The van der Waals surface area contributed by atoms with E-state index >= 15 is 0 Å². The Morgan fingerprint density at radius 1 is 1.20 bits per heavy atom. The van der Waals surface area contributed by atoms with E-state index in [0.29, 0.717) is 18.9 Å². The molecule has 2 aromatic rings. The van der Waals surface area contributed by atoms with Crippen molar-refractivity contribution in [2.45, 2.75) is 0 Å². The summed E-state index contributed by atoms with van der Waals surface area (Å²) >= 11 is 0. The molecule has 106 valence electrons. The standard InChI is InChI=1S/C15H17NO4/c1-16(15(17)14-4-3-10-20-14)9-11-19-13-7-5-12(18-2)6-8-13/h3-8,10H,9,11H2,1-2H3. The SMILES string of the molecule is COc1ccc(OCCN(C)C(=O)c2ccco2)cc1. The Morgan fingerprint density at radius 2 is 1.90 bits per heavy atom. The lowest BCUT2D eigenvalue weighted by Gasteiger charge is -2.16. The van der Waals surface area contributed by atoms with Crippen molar-refractivity contribution in [1.82, 2.24) is 4.90 Å². The summed E-state index contributed by atoms with van der Waals surface area (Å²) in [7, 11) is 3.33. The van der Waals surface area contributed by atoms with Gasteiger partial charge < -0.3 is 18.8 Å². The van der Waals surface area contributed by atoms with Crippen LogP contribution in [0, 0.1) is 0 Å². The zero-order valence-electron chi connectivity index (χ0n) is 11.5. The van der Waals surface area contributed by atoms with E-state index in [1.165, 1.54) is 6.26 Å². The van der Waals surface area contributed by atoms with Gasteiger partial charge in [0, 0.05) is 7.05 Å². The van der Waals surface area contributed by atoms with E-state index < -0.39 is 0 Å². The fraction of sp³-hybridized carbons (Fsp3) is 0.267. The van der Waals surface area contributed by atoms with Crippen LogP contribution in [0.4, 0.5) is 0 Å². The van der Waals surface area contributed by atoms with Crippen LogP contribution in [-0.4, -0.2) is 38.1 Å². The van der Waals surface area contributed by atoms with Crippen LogP contribution in [-0.2, 0) is 0 Å². The Hall–Kier alpha value is -2.43. The van der Waals surface area contributed by atoms with Crippen molar-refractivity contribution in [3.05, 3.63) is 48.4 Å². The quantitative estimate of drug-likeness (QED) is 0.812. The van der Waals surface area contributed by atoms with E-state index in [2.05, 4.69) is 0 Å². The second-order valence-corrected chi connectivity index (χ2v) is 4.23. The summed E-state index contributed by atoms with van der Waals surface area (Å²) in [6.45, 7) is 0.890. The fourth-order valence-electron chi connectivity index (χ4n) is 1.66. The molecule has 5 nitrogen and oxygen atoms in total. The molecular formula is C15H17NO4. The average Bonchev–Trinajstić information content (AvgIpc) is 3.01. The number of hydrogen-bond acceptors (Lipinski definition) is 4. The second kappa shape index (κ2) is 6.65. The Morgan fingerprint density at radius 3 is 2.50 bits per heavy atom. The van der Waals surface area contributed by atoms with Gasteiger partial charge in [-0.05, 0) is 36.4 Å². The van der Waals surface area contributed by atoms with Crippen molar-refractivity contribution in [1.29, 1.82) is 0 Å². The molecule has 1 aromatic heterocycles. The molecule has 1 aromatic carbocycles. The topological polar surface area (TPSA) is 51.9 Å². The molecule has 20 heavy (non-hydrogen) atoms. The molecule has 0 spiro atoms. The third-order valence-corrected chi connectivity index (χ3v) is 2.83. The maximum absolute atomic E-state index is 11.9. The number of amides is 1. The molecule has 0 bridgehead atoms. The summed E-state index contributed by atoms with van der Waals surface area (Å²) < 4.78 is 15.7. The molecule has 0 aliphatic heterocycles. The zero-order valence-corrected chi connectivity index (χ0v) is 11.5. The predicted octanol–water partition coefficient (Wildman–Crippen LogP) is 2.44. The third-order valence-electron chi connectivity index (χ3n) is 2.83. The van der Waals surface area contributed by atoms with Gasteiger partial charge in [-0.15, -0.1) is 0 Å². The van der Waals surface area contributed by atoms with E-state index in [9.17, 15) is 4.79 Å². The lowest BCUT2D eigenvalue weighted by atomic mass is 10.3. The first-order valence-corrected chi connectivity index (χ1v) is 6.26. The first kappa shape index (κ1) is 14.0. The predicted molar refractivity (Wildman–Crippen MR) is 74.2 cm³/mol. The van der Waals surface area contributed by atoms with E-state index in [1.807, 2.05) is 24.3 Å². The molecular weight excluding hydrogens is 258 g/mol. The van der Waals surface area contributed by atoms with Crippen LogP contribution in [0.15, 0.2) is 47.1 Å². The summed E-state index contributed by atoms with van der Waals surface area (Å²) in [6.07, 6.45) is 1.48. The molecule has 0 fully saturated rings. The summed E-state index contributed by atoms with van der Waals surface area (Å²) in [5.41, 5.74) is 0. The lowest BCUT2D eigenvalue weighted by Crippen LogP contribution is -2.30. The second-order valence-electron chi connectivity index (χ2n) is 4.23. The number of furan rings is 1. The lowest BCUT2D eigenvalue weighted by molar-refractivity contribution is 0.0742. The molecule has 0 unspecified atom stereocenters. The number of likely N-dealkylation sites (N-methyl/N-ethyl adjacent to an activating group) is 1. The fourth-order valence-corrected chi connectivity index (χ4v) is 1.66. The number of carbonyl (C=O) groups excluding carboxylic acids is 1. The van der Waals surface area contributed by atoms with E-state index in [0.717, 1.165) is 11.5 Å². The normalized spacial score (nSPS) is 10.1. The van der Waals surface area contributed by atoms with Crippen LogP contribution in [0.2, 0.25) is 0 Å². The number of nitrogens with zero attached hydrogens (tertiary/aromatic N) is 1. The van der Waals surface area contributed by atoms with Crippen LogP contribution in [0.25, 0.3) is 0 Å². The van der Waals surface area contributed by atoms with Crippen molar-refractivity contribution in [3.63, 3.8) is 0 Å². The first-order valence-electron chi connectivity index (χ1n) is 6.26. The van der Waals surface area contributed by atoms with Crippen molar-refractivity contribution >= 4 is 5.91 Å². The first-order chi connectivity index (χ1) is 9.70. The van der Waals surface area contributed by atoms with Crippen LogP contribution in [0.5, 0.6) is 11.5 Å². The Bertz CT molecular complexity index is 534. The minimum Gasteiger partial charge on any atom is -0.497 e. The zero-order chi connectivity index (χ0) is 14.4. The maximum atomic E-state index is 11.9. The van der Waals surface area contributed by atoms with Gasteiger partial charge in [0.05, 0.1) is 19.9 Å². The van der Waals surface area contributed by atoms with Gasteiger partial charge in [-0.1, -0.05) is 0 Å². The molecule has 0 aliphatic rings. The van der Waals surface area contributed by atoms with Crippen molar-refractivity contribution in [3.8, 4) is 11.5 Å². The smallest absolute Gasteiger partial charge is 0.289 e. The van der Waals surface area contributed by atoms with Gasteiger partial charge >= 0.3 is 0 Å². The van der Waals surface area contributed by atoms with Gasteiger partial charge in [0.2, 0.25) is 0 Å². The molecule has 5 heteroatoms. The third kappa shape index (κ3) is 3.54. The average molecular weight is 275 g/mol. The summed E-state index contributed by atoms with van der Waals surface area (Å²) in [4.78, 5) is 13.4. The molecule has 1 heterocycles. The highest BCUT2D eigenvalue weighted by Crippen LogP contribution is 2.16. The molecule has 2 rings (SSSR count). The molecule has 0 saturated carbocycles. The monoisotopic (exact) mass is 275 g/mol. The number of hydrogen-bond donors (Lipinski definition) is 0. The highest BCUT2D eigenvalue weighted by atomic mass is 16.5. The van der Waals surface area contributed by atoms with Crippen LogP contribution >= 0.6 is 0 Å². The van der Waals surface area contributed by atoms with Gasteiger partial charge in [-0.2, -0.15) is 0 Å². The molecule has 0 saturated heterocycles. The maximum Gasteiger partial charge on any atom is 0.289 e. The number of ether oxygens (including phenoxy) is 2. The van der Waals surface area contributed by atoms with Crippen LogP contribution in [0.3, 0.4) is 0 Å². The Balaban J connectivity index is 1.78. The molecule has 0 aliphatic carbocycles. The number of methoxy groups -OCH3 is 1. The summed E-state index contributed by atoms with van der Waals surface area (Å²) in [6, 6.07) is 10.6. The van der Waals surface area contributed by atoms with Gasteiger partial charge in [-0.3, -0.25) is 4.79 Å². The van der Waals surface area contributed by atoms with Crippen LogP contribution < -0.4 is 9.47 Å².